The lowest BCUT2D eigenvalue weighted by Crippen LogP contribution is -2.24. The summed E-state index contributed by atoms with van der Waals surface area (Å²) in [4.78, 5) is 25.1. The van der Waals surface area contributed by atoms with Gasteiger partial charge in [-0.25, -0.2) is 12.8 Å². The van der Waals surface area contributed by atoms with Gasteiger partial charge < -0.3 is 9.88 Å². The quantitative estimate of drug-likeness (QED) is 0.449. The number of anilines is 1. The third-order valence-electron chi connectivity index (χ3n) is 5.07. The third kappa shape index (κ3) is 4.67. The fourth-order valence-electron chi connectivity index (χ4n) is 3.40. The number of rotatable bonds is 5. The first kappa shape index (κ1) is 22.7. The van der Waals surface area contributed by atoms with Gasteiger partial charge in [-0.05, 0) is 61.5 Å². The topological polar surface area (TPSA) is 85.2 Å². The van der Waals surface area contributed by atoms with Crippen LogP contribution in [0.5, 0.6) is 0 Å². The van der Waals surface area contributed by atoms with Crippen molar-refractivity contribution in [3.63, 3.8) is 0 Å². The number of aromatic nitrogens is 1. The first-order valence-electron chi connectivity index (χ1n) is 9.85. The summed E-state index contributed by atoms with van der Waals surface area (Å²) in [5.41, 5.74) is 0.744. The number of fused-ring (bicyclic) bond motifs is 1. The summed E-state index contributed by atoms with van der Waals surface area (Å²) in [7, 11) is -4.21. The van der Waals surface area contributed by atoms with Gasteiger partial charge >= 0.3 is 0 Å². The van der Waals surface area contributed by atoms with Crippen LogP contribution in [0.4, 0.5) is 10.1 Å². The maximum absolute atomic E-state index is 13.9. The molecule has 0 saturated carbocycles. The zero-order valence-electron chi connectivity index (χ0n) is 17.4. The highest BCUT2D eigenvalue weighted by Gasteiger charge is 2.24. The van der Waals surface area contributed by atoms with Crippen molar-refractivity contribution in [3.05, 3.63) is 99.6 Å². The van der Waals surface area contributed by atoms with E-state index in [1.807, 2.05) is 6.92 Å². The predicted octanol–water partition coefficient (Wildman–Crippen LogP) is 4.57. The van der Waals surface area contributed by atoms with Crippen LogP contribution < -0.4 is 10.7 Å². The molecule has 0 bridgehead atoms. The van der Waals surface area contributed by atoms with E-state index in [2.05, 4.69) is 5.32 Å². The number of aryl methyl sites for hydroxylation is 1. The van der Waals surface area contributed by atoms with Crippen LogP contribution in [0, 0.1) is 12.7 Å². The number of pyridine rings is 1. The number of nitrogens with one attached hydrogen (secondary N) is 1. The number of amides is 1. The first-order chi connectivity index (χ1) is 15.6. The van der Waals surface area contributed by atoms with Gasteiger partial charge in [-0.1, -0.05) is 29.3 Å². The molecule has 0 unspecified atom stereocenters. The summed E-state index contributed by atoms with van der Waals surface area (Å²) < 4.78 is 41.7. The van der Waals surface area contributed by atoms with Gasteiger partial charge in [-0.15, -0.1) is 0 Å². The maximum Gasteiger partial charge on any atom is 0.244 e. The molecule has 4 rings (SSSR count). The van der Waals surface area contributed by atoms with E-state index in [-0.39, 0.29) is 22.3 Å². The molecule has 0 saturated heterocycles. The zero-order valence-corrected chi connectivity index (χ0v) is 19.0. The predicted molar refractivity (Wildman–Crippen MR) is 125 cm³/mol. The summed E-state index contributed by atoms with van der Waals surface area (Å²) >= 11 is 5.86. The summed E-state index contributed by atoms with van der Waals surface area (Å²) in [5.74, 6) is -1.16. The van der Waals surface area contributed by atoms with Crippen molar-refractivity contribution < 1.29 is 17.6 Å². The van der Waals surface area contributed by atoms with Crippen LogP contribution in [0.15, 0.2) is 87.5 Å². The van der Waals surface area contributed by atoms with Crippen molar-refractivity contribution in [2.24, 2.45) is 0 Å². The smallest absolute Gasteiger partial charge is 0.244 e. The molecule has 9 heteroatoms. The van der Waals surface area contributed by atoms with Gasteiger partial charge in [-0.3, -0.25) is 9.59 Å². The second-order valence-corrected chi connectivity index (χ2v) is 9.84. The second kappa shape index (κ2) is 8.80. The van der Waals surface area contributed by atoms with Gasteiger partial charge in [0.05, 0.1) is 10.4 Å². The molecular formula is C24H18ClFN2O4S. The minimum Gasteiger partial charge on any atom is -0.336 e. The molecule has 1 heterocycles. The minimum absolute atomic E-state index is 0.0712. The van der Waals surface area contributed by atoms with Crippen molar-refractivity contribution in [3.8, 4) is 0 Å². The third-order valence-corrected chi connectivity index (χ3v) is 7.09. The summed E-state index contributed by atoms with van der Waals surface area (Å²) in [6.45, 7) is 1.50. The molecule has 0 aliphatic rings. The van der Waals surface area contributed by atoms with Gasteiger partial charge in [0.2, 0.25) is 21.2 Å². The summed E-state index contributed by atoms with van der Waals surface area (Å²) in [6.07, 6.45) is 1.12. The van der Waals surface area contributed by atoms with Gasteiger partial charge in [0.25, 0.3) is 0 Å². The molecule has 0 aliphatic carbocycles. The molecule has 0 aliphatic heterocycles. The number of nitrogens with zero attached hydrogens (tertiary/aromatic N) is 1. The van der Waals surface area contributed by atoms with Crippen molar-refractivity contribution in [1.82, 2.24) is 4.57 Å². The summed E-state index contributed by atoms with van der Waals surface area (Å²) in [5, 5.41) is 3.05. The van der Waals surface area contributed by atoms with Crippen LogP contribution in [0.25, 0.3) is 10.9 Å². The number of benzene rings is 3. The Labute approximate surface area is 194 Å². The number of hydrogen-bond acceptors (Lipinski definition) is 4. The van der Waals surface area contributed by atoms with Gasteiger partial charge in [0.15, 0.2) is 0 Å². The van der Waals surface area contributed by atoms with E-state index < -0.39 is 31.9 Å². The lowest BCUT2D eigenvalue weighted by atomic mass is 10.2. The Morgan fingerprint density at radius 2 is 1.70 bits per heavy atom. The van der Waals surface area contributed by atoms with E-state index >= 15 is 0 Å². The number of halogens is 2. The molecule has 0 radical (unpaired) electrons. The normalized spacial score (nSPS) is 11.5. The summed E-state index contributed by atoms with van der Waals surface area (Å²) in [6, 6.07) is 15.9. The Kier molecular flexibility index (Phi) is 6.05. The van der Waals surface area contributed by atoms with E-state index in [0.717, 1.165) is 23.9 Å². The Hall–Kier alpha value is -3.49. The van der Waals surface area contributed by atoms with Crippen LogP contribution in [0.1, 0.15) is 5.56 Å². The van der Waals surface area contributed by atoms with Crippen LogP contribution in [-0.2, 0) is 21.2 Å². The van der Waals surface area contributed by atoms with E-state index in [4.69, 9.17) is 11.6 Å². The van der Waals surface area contributed by atoms with Crippen molar-refractivity contribution >= 4 is 43.9 Å². The standard InChI is InChI=1S/C24H18ClFN2O4S/c1-15-2-9-19(10-3-15)33(31,32)22-13-28(21-11-6-17(26)12-20(21)24(22)30)14-23(29)27-18-7-4-16(25)5-8-18/h2-13H,14H2,1H3,(H,27,29). The molecule has 3 aromatic carbocycles. The molecule has 0 atom stereocenters. The minimum atomic E-state index is -4.21. The largest absolute Gasteiger partial charge is 0.336 e. The van der Waals surface area contributed by atoms with Crippen LogP contribution in [0.2, 0.25) is 5.02 Å². The molecule has 4 aromatic rings. The first-order valence-corrected chi connectivity index (χ1v) is 11.7. The molecule has 0 fully saturated rings. The fraction of sp³-hybridized carbons (Fsp3) is 0.0833. The lowest BCUT2D eigenvalue weighted by Gasteiger charge is -2.14. The fourth-order valence-corrected chi connectivity index (χ4v) is 4.89. The average Bonchev–Trinajstić information content (AvgIpc) is 2.77. The number of sulfone groups is 1. The Morgan fingerprint density at radius 1 is 1.03 bits per heavy atom. The second-order valence-electron chi connectivity index (χ2n) is 7.48. The highest BCUT2D eigenvalue weighted by molar-refractivity contribution is 7.91. The SMILES string of the molecule is Cc1ccc(S(=O)(=O)c2cn(CC(=O)Nc3ccc(Cl)cc3)c3ccc(F)cc3c2=O)cc1. The Morgan fingerprint density at radius 3 is 2.36 bits per heavy atom. The average molecular weight is 485 g/mol. The monoisotopic (exact) mass is 484 g/mol. The number of carbonyl (C=O) groups excluding carboxylic acids is 1. The molecule has 1 amide bonds. The van der Waals surface area contributed by atoms with E-state index in [0.29, 0.717) is 10.7 Å². The van der Waals surface area contributed by atoms with Gasteiger partial charge in [0.1, 0.15) is 17.3 Å². The molecule has 6 nitrogen and oxygen atoms in total. The Balaban J connectivity index is 1.81. The molecule has 1 aromatic heterocycles. The van der Waals surface area contributed by atoms with Crippen LogP contribution in [0.3, 0.4) is 0 Å². The maximum atomic E-state index is 13.9. The molecule has 168 valence electrons. The van der Waals surface area contributed by atoms with Crippen LogP contribution >= 0.6 is 11.6 Å². The molecule has 0 spiro atoms. The van der Waals surface area contributed by atoms with Crippen molar-refractivity contribution in [2.45, 2.75) is 23.3 Å². The zero-order chi connectivity index (χ0) is 23.8. The van der Waals surface area contributed by atoms with E-state index in [9.17, 15) is 22.4 Å². The lowest BCUT2D eigenvalue weighted by molar-refractivity contribution is -0.116. The van der Waals surface area contributed by atoms with Gasteiger partial charge in [0, 0.05) is 22.3 Å². The van der Waals surface area contributed by atoms with Crippen molar-refractivity contribution in [2.75, 3.05) is 5.32 Å². The van der Waals surface area contributed by atoms with Crippen LogP contribution in [-0.4, -0.2) is 18.9 Å². The Bertz CT molecular complexity index is 1530. The number of hydrogen-bond donors (Lipinski definition) is 1. The van der Waals surface area contributed by atoms with Crippen molar-refractivity contribution in [1.29, 1.82) is 0 Å². The van der Waals surface area contributed by atoms with Gasteiger partial charge in [-0.2, -0.15) is 0 Å². The highest BCUT2D eigenvalue weighted by atomic mass is 35.5. The van der Waals surface area contributed by atoms with E-state index in [1.165, 1.54) is 22.8 Å². The highest BCUT2D eigenvalue weighted by Crippen LogP contribution is 2.22. The number of carbonyl (C=O) groups is 1. The van der Waals surface area contributed by atoms with E-state index in [1.54, 1.807) is 36.4 Å². The molecular weight excluding hydrogens is 467 g/mol. The molecule has 33 heavy (non-hydrogen) atoms. The molecule has 1 N–H and O–H groups in total.